The smallest absolute Gasteiger partial charge is 0.165 e. The summed E-state index contributed by atoms with van der Waals surface area (Å²) in [5.41, 5.74) is 0. The average Bonchev–Trinajstić information content (AvgIpc) is 2.88. The van der Waals surface area contributed by atoms with Gasteiger partial charge < -0.3 is 9.47 Å². The summed E-state index contributed by atoms with van der Waals surface area (Å²) in [6.45, 7) is 4.61. The van der Waals surface area contributed by atoms with Crippen LogP contribution in [0.25, 0.3) is 0 Å². The molecule has 20 heavy (non-hydrogen) atoms. The quantitative estimate of drug-likeness (QED) is 0.775. The van der Waals surface area contributed by atoms with Gasteiger partial charge in [0.25, 0.3) is 0 Å². The minimum atomic E-state index is -0.319. The molecule has 0 saturated carbocycles. The lowest BCUT2D eigenvalue weighted by Crippen LogP contribution is -1.85. The summed E-state index contributed by atoms with van der Waals surface area (Å²) in [6, 6.07) is 6.29. The van der Waals surface area contributed by atoms with E-state index in [1.54, 1.807) is 42.8 Å². The van der Waals surface area contributed by atoms with Gasteiger partial charge in [0, 0.05) is 7.11 Å². The number of hydrogen-bond acceptors (Lipinski definition) is 4. The second kappa shape index (κ2) is 11.8. The number of rotatable bonds is 3. The molecule has 0 amide bonds. The molecular formula is C14H19BrFNO2S. The number of aromatic nitrogens is 1. The van der Waals surface area contributed by atoms with Crippen molar-refractivity contribution in [1.82, 2.24) is 4.98 Å². The highest BCUT2D eigenvalue weighted by Gasteiger charge is 1.96. The molecular weight excluding hydrogens is 345 g/mol. The summed E-state index contributed by atoms with van der Waals surface area (Å²) >= 11 is 4.90. The number of benzene rings is 1. The molecule has 0 aliphatic rings. The fourth-order valence-corrected chi connectivity index (χ4v) is 2.36. The molecule has 0 spiro atoms. The molecule has 0 unspecified atom stereocenters. The number of halogens is 2. The summed E-state index contributed by atoms with van der Waals surface area (Å²) in [4.78, 5) is 4.05. The number of para-hydroxylation sites is 1. The molecule has 0 atom stereocenters. The van der Waals surface area contributed by atoms with Crippen LogP contribution in [0.3, 0.4) is 0 Å². The van der Waals surface area contributed by atoms with Crippen LogP contribution >= 0.6 is 27.3 Å². The first kappa shape index (κ1) is 19.0. The van der Waals surface area contributed by atoms with Crippen molar-refractivity contribution in [1.29, 1.82) is 0 Å². The first-order valence-corrected chi connectivity index (χ1v) is 7.66. The fraction of sp³-hybridized carbons (Fsp3) is 0.357. The second-order valence-corrected chi connectivity index (χ2v) is 5.62. The maximum Gasteiger partial charge on any atom is 0.165 e. The van der Waals surface area contributed by atoms with Crippen LogP contribution in [0.4, 0.5) is 4.39 Å². The lowest BCUT2D eigenvalue weighted by atomic mass is 10.3. The Labute approximate surface area is 131 Å². The summed E-state index contributed by atoms with van der Waals surface area (Å²) in [5.74, 6) is -0.0301. The summed E-state index contributed by atoms with van der Waals surface area (Å²) in [7, 11) is 3.10. The summed E-state index contributed by atoms with van der Waals surface area (Å²) in [6.07, 6.45) is 1.78. The molecule has 3 nitrogen and oxygen atoms in total. The molecule has 1 aromatic heterocycles. The molecule has 1 heterocycles. The zero-order valence-electron chi connectivity index (χ0n) is 12.0. The predicted molar refractivity (Wildman–Crippen MR) is 84.8 cm³/mol. The first-order chi connectivity index (χ1) is 9.67. The highest BCUT2D eigenvalue weighted by atomic mass is 79.9. The van der Waals surface area contributed by atoms with Gasteiger partial charge in [0.15, 0.2) is 11.6 Å². The van der Waals surface area contributed by atoms with Crippen molar-refractivity contribution in [3.05, 3.63) is 45.1 Å². The van der Waals surface area contributed by atoms with Crippen LogP contribution in [-0.4, -0.2) is 19.2 Å². The van der Waals surface area contributed by atoms with Crippen LogP contribution < -0.4 is 4.74 Å². The largest absolute Gasteiger partial charge is 0.494 e. The molecule has 1 aromatic carbocycles. The lowest BCUT2D eigenvalue weighted by Gasteiger charge is -1.97. The standard InChI is InChI=1S/C7H7FO.C5H6BrNOS.C2H6/c1-9-7-5-3-2-4-6(7)8;1-8-3-5-7-2-4(6)9-5;1-2/h2-5H,1H3;2H,3H2,1H3;1-2H3. The van der Waals surface area contributed by atoms with Gasteiger partial charge in [0.05, 0.1) is 23.7 Å². The van der Waals surface area contributed by atoms with Crippen LogP contribution in [0, 0.1) is 5.82 Å². The number of methoxy groups -OCH3 is 2. The highest BCUT2D eigenvalue weighted by Crippen LogP contribution is 2.19. The Morgan fingerprint density at radius 1 is 1.25 bits per heavy atom. The summed E-state index contributed by atoms with van der Waals surface area (Å²) < 4.78 is 23.1. The van der Waals surface area contributed by atoms with Crippen molar-refractivity contribution in [2.24, 2.45) is 0 Å². The Hall–Kier alpha value is -0.980. The van der Waals surface area contributed by atoms with E-state index in [9.17, 15) is 4.39 Å². The van der Waals surface area contributed by atoms with E-state index in [4.69, 9.17) is 4.74 Å². The molecule has 0 N–H and O–H groups in total. The van der Waals surface area contributed by atoms with Crippen LogP contribution in [0.15, 0.2) is 34.2 Å². The van der Waals surface area contributed by atoms with Crippen LogP contribution in [-0.2, 0) is 11.3 Å². The summed E-state index contributed by atoms with van der Waals surface area (Å²) in [5, 5.41) is 1.00. The van der Waals surface area contributed by atoms with E-state index in [-0.39, 0.29) is 11.6 Å². The van der Waals surface area contributed by atoms with Gasteiger partial charge in [-0.3, -0.25) is 0 Å². The maximum atomic E-state index is 12.5. The van der Waals surface area contributed by atoms with E-state index >= 15 is 0 Å². The van der Waals surface area contributed by atoms with Gasteiger partial charge in [-0.05, 0) is 28.1 Å². The zero-order valence-corrected chi connectivity index (χ0v) is 14.4. The Balaban J connectivity index is 0.000000321. The minimum Gasteiger partial charge on any atom is -0.494 e. The SMILES string of the molecule is CC.COCc1ncc(Br)s1.COc1ccccc1F. The Bertz CT molecular complexity index is 480. The van der Waals surface area contributed by atoms with E-state index in [0.29, 0.717) is 6.61 Å². The van der Waals surface area contributed by atoms with Crippen molar-refractivity contribution in [3.63, 3.8) is 0 Å². The third-order valence-corrected chi connectivity index (χ3v) is 3.30. The molecule has 0 aliphatic heterocycles. The Morgan fingerprint density at radius 2 is 1.90 bits per heavy atom. The molecule has 2 rings (SSSR count). The predicted octanol–water partition coefficient (Wildman–Crippen LogP) is 4.91. The average molecular weight is 364 g/mol. The highest BCUT2D eigenvalue weighted by molar-refractivity contribution is 9.11. The van der Waals surface area contributed by atoms with Gasteiger partial charge in [0.2, 0.25) is 0 Å². The third kappa shape index (κ3) is 7.57. The van der Waals surface area contributed by atoms with Crippen molar-refractivity contribution in [2.45, 2.75) is 20.5 Å². The van der Waals surface area contributed by atoms with Gasteiger partial charge in [-0.1, -0.05) is 26.0 Å². The minimum absolute atomic E-state index is 0.289. The normalized spacial score (nSPS) is 8.90. The van der Waals surface area contributed by atoms with Crippen LogP contribution in [0.1, 0.15) is 18.9 Å². The molecule has 0 bridgehead atoms. The number of hydrogen-bond donors (Lipinski definition) is 0. The molecule has 6 heteroatoms. The van der Waals surface area contributed by atoms with E-state index in [2.05, 4.69) is 25.7 Å². The second-order valence-electron chi connectivity index (χ2n) is 3.13. The Morgan fingerprint density at radius 3 is 2.30 bits per heavy atom. The van der Waals surface area contributed by atoms with Gasteiger partial charge in [-0.2, -0.15) is 0 Å². The van der Waals surface area contributed by atoms with Gasteiger partial charge >= 0.3 is 0 Å². The van der Waals surface area contributed by atoms with Gasteiger partial charge in [0.1, 0.15) is 5.01 Å². The van der Waals surface area contributed by atoms with Crippen molar-refractivity contribution >= 4 is 27.3 Å². The van der Waals surface area contributed by atoms with Crippen LogP contribution in [0.2, 0.25) is 0 Å². The number of thiazole rings is 1. The molecule has 2 aromatic rings. The van der Waals surface area contributed by atoms with Gasteiger partial charge in [-0.25, -0.2) is 9.37 Å². The molecule has 0 saturated heterocycles. The number of nitrogens with zero attached hydrogens (tertiary/aromatic N) is 1. The van der Waals surface area contributed by atoms with E-state index in [0.717, 1.165) is 8.79 Å². The van der Waals surface area contributed by atoms with Crippen molar-refractivity contribution in [2.75, 3.05) is 14.2 Å². The third-order valence-electron chi connectivity index (χ3n) is 1.85. The van der Waals surface area contributed by atoms with E-state index < -0.39 is 0 Å². The fourth-order valence-electron chi connectivity index (χ4n) is 1.09. The van der Waals surface area contributed by atoms with E-state index in [1.807, 2.05) is 13.8 Å². The topological polar surface area (TPSA) is 31.4 Å². The maximum absolute atomic E-state index is 12.5. The number of ether oxygens (including phenoxy) is 2. The van der Waals surface area contributed by atoms with Gasteiger partial charge in [-0.15, -0.1) is 11.3 Å². The van der Waals surface area contributed by atoms with Crippen molar-refractivity contribution in [3.8, 4) is 5.75 Å². The van der Waals surface area contributed by atoms with E-state index in [1.165, 1.54) is 13.2 Å². The first-order valence-electron chi connectivity index (χ1n) is 6.05. The van der Waals surface area contributed by atoms with Crippen molar-refractivity contribution < 1.29 is 13.9 Å². The molecule has 112 valence electrons. The Kier molecular flexibility index (Phi) is 11.2. The molecule has 0 radical (unpaired) electrons. The zero-order chi connectivity index (χ0) is 15.4. The molecule has 0 aliphatic carbocycles. The lowest BCUT2D eigenvalue weighted by molar-refractivity contribution is 0.184. The monoisotopic (exact) mass is 363 g/mol. The van der Waals surface area contributed by atoms with Crippen LogP contribution in [0.5, 0.6) is 5.75 Å². The molecule has 0 fully saturated rings.